The van der Waals surface area contributed by atoms with Crippen LogP contribution < -0.4 is 82.7 Å². The highest BCUT2D eigenvalue weighted by molar-refractivity contribution is 5.98. The predicted molar refractivity (Wildman–Crippen MR) is 331 cm³/mol. The number of rotatable bonds is 46. The molecule has 8 amide bonds. The number of guanidine groups is 2. The van der Waals surface area contributed by atoms with Gasteiger partial charge in [0.15, 0.2) is 11.9 Å². The van der Waals surface area contributed by atoms with Crippen molar-refractivity contribution in [3.05, 3.63) is 59.7 Å². The number of carbonyl (C=O) groups is 12. The lowest BCUT2D eigenvalue weighted by molar-refractivity contribution is -0.143. The van der Waals surface area contributed by atoms with Gasteiger partial charge in [-0.3, -0.25) is 62.7 Å². The second-order valence-electron chi connectivity index (χ2n) is 21.4. The molecule has 2 rings (SSSR count). The number of carboxylic acids is 4. The van der Waals surface area contributed by atoms with E-state index in [-0.39, 0.29) is 120 Å². The summed E-state index contributed by atoms with van der Waals surface area (Å²) < 4.78 is 0. The van der Waals surface area contributed by atoms with Crippen LogP contribution in [0.5, 0.6) is 11.5 Å². The molecule has 2 aromatic carbocycles. The first kappa shape index (κ1) is 78.2. The zero-order chi connectivity index (χ0) is 68.9. The summed E-state index contributed by atoms with van der Waals surface area (Å²) in [5.41, 5.74) is 40.3. The normalized spacial score (nSPS) is 13.8. The van der Waals surface area contributed by atoms with Crippen molar-refractivity contribution in [3.8, 4) is 11.5 Å². The molecule has 0 heterocycles. The quantitative estimate of drug-likeness (QED) is 0.0168. The SMILES string of the molecule is NCCCC[C@H](NC(=O)[C@H](CCCN=C(N)N)NC(=O)[C@H](CCCCN)NC(=O)[C@H](CCC(=O)O)NC(=O)[C@@H](N)CCC(=O)O)C(=O)N[C@@H](CCCN=C(N)N)C(=O)N[C@@H](Cc1ccc(O)cc1)C(=O)N[C@@H](Cc1ccc(O)cc1)C(=O)N[C@@H](CCC(=O)O)C(=O)O. The Balaban J connectivity index is 2.68. The number of carboxylic acid groups (broad SMARTS) is 4. The molecule has 2 aromatic rings. The van der Waals surface area contributed by atoms with Crippen LogP contribution in [0.15, 0.2) is 58.5 Å². The molecule has 510 valence electrons. The van der Waals surface area contributed by atoms with Crippen molar-refractivity contribution in [3.63, 3.8) is 0 Å². The summed E-state index contributed by atoms with van der Waals surface area (Å²) in [6.45, 7) is 0.160. The average molecular weight is 1300 g/mol. The molecule has 0 saturated heterocycles. The second-order valence-corrected chi connectivity index (χ2v) is 21.4. The fourth-order valence-corrected chi connectivity index (χ4v) is 8.88. The van der Waals surface area contributed by atoms with Crippen molar-refractivity contribution < 1.29 is 88.2 Å². The number of nitrogens with two attached hydrogens (primary N) is 7. The Bertz CT molecular complexity index is 2840. The number of carbonyl (C=O) groups excluding carboxylic acids is 8. The third kappa shape index (κ3) is 32.0. The summed E-state index contributed by atoms with van der Waals surface area (Å²) in [6.07, 6.45) is -3.36. The van der Waals surface area contributed by atoms with E-state index < -0.39 is 158 Å². The molecule has 9 atom stereocenters. The predicted octanol–water partition coefficient (Wildman–Crippen LogP) is -4.87. The van der Waals surface area contributed by atoms with Crippen LogP contribution in [-0.4, -0.2) is 194 Å². The Morgan fingerprint density at radius 3 is 0.946 bits per heavy atom. The highest BCUT2D eigenvalue weighted by atomic mass is 16.4. The minimum absolute atomic E-state index is 0.0106. The maximum atomic E-state index is 14.7. The molecule has 0 spiro atoms. The molecule has 0 fully saturated rings. The van der Waals surface area contributed by atoms with E-state index in [1.807, 2.05) is 0 Å². The van der Waals surface area contributed by atoms with Crippen molar-refractivity contribution in [2.24, 2.45) is 50.1 Å². The molecule has 35 nitrogen and oxygen atoms in total. The summed E-state index contributed by atoms with van der Waals surface area (Å²) in [5.74, 6) is -14.5. The van der Waals surface area contributed by atoms with Gasteiger partial charge < -0.3 is 113 Å². The standard InChI is InChI=1S/C57H89N17O18/c58-25-3-1-7-36(68-50(86)38(9-5-27-65-56(61)62)70-49(85)37(8-2-4-26-59)69-52(88)40(20-23-45(79)80)67-47(83)35(60)19-22-44(77)78)48(84)71-39(10-6-28-66-57(63)64)51(87)73-43(30-32-13-17-34(76)18-14-32)54(90)74-42(29-31-11-15-33(75)16-12-31)53(89)72-41(55(91)92)21-24-46(81)82/h11-18,35-43,75-76H,1-10,19-30,58-60H2,(H,67,83)(H,68,86)(H,69,88)(H,70,85)(H,71,84)(H,72,89)(H,73,87)(H,74,90)(H,77,78)(H,79,80)(H,81,82)(H,91,92)(H4,61,62,65)(H4,63,64,66)/t35-,36-,37-,38-,39-,40-,41-,42-,43-/m0/s1. The number of aromatic hydroxyl groups is 2. The zero-order valence-corrected chi connectivity index (χ0v) is 50.9. The van der Waals surface area contributed by atoms with Crippen LogP contribution in [0.4, 0.5) is 0 Å². The smallest absolute Gasteiger partial charge is 0.326 e. The van der Waals surface area contributed by atoms with Gasteiger partial charge in [-0.1, -0.05) is 24.3 Å². The van der Waals surface area contributed by atoms with E-state index in [1.165, 1.54) is 48.5 Å². The largest absolute Gasteiger partial charge is 0.508 e. The monoisotopic (exact) mass is 1300 g/mol. The van der Waals surface area contributed by atoms with Crippen molar-refractivity contribution in [1.82, 2.24) is 42.5 Å². The van der Waals surface area contributed by atoms with E-state index in [2.05, 4.69) is 52.5 Å². The van der Waals surface area contributed by atoms with Crippen LogP contribution in [0.2, 0.25) is 0 Å². The van der Waals surface area contributed by atoms with E-state index in [1.54, 1.807) is 0 Å². The maximum absolute atomic E-state index is 14.7. The van der Waals surface area contributed by atoms with Gasteiger partial charge in [-0.05, 0) is 132 Å². The summed E-state index contributed by atoms with van der Waals surface area (Å²) in [5, 5.41) is 77.7. The lowest BCUT2D eigenvalue weighted by Crippen LogP contribution is -2.60. The summed E-state index contributed by atoms with van der Waals surface area (Å²) >= 11 is 0. The van der Waals surface area contributed by atoms with Gasteiger partial charge in [0.05, 0.1) is 6.04 Å². The van der Waals surface area contributed by atoms with Crippen molar-refractivity contribution >= 4 is 83.1 Å². The van der Waals surface area contributed by atoms with E-state index in [0.29, 0.717) is 24.0 Å². The number of hydrogen-bond donors (Lipinski definition) is 21. The molecule has 0 bridgehead atoms. The number of benzene rings is 2. The number of nitrogens with one attached hydrogen (secondary N) is 8. The number of hydrogen-bond acceptors (Lipinski definition) is 19. The number of amides is 8. The first-order valence-corrected chi connectivity index (χ1v) is 29.7. The summed E-state index contributed by atoms with van der Waals surface area (Å²) in [4.78, 5) is 168. The van der Waals surface area contributed by atoms with Gasteiger partial charge >= 0.3 is 23.9 Å². The molecule has 92 heavy (non-hydrogen) atoms. The lowest BCUT2D eigenvalue weighted by atomic mass is 10.0. The van der Waals surface area contributed by atoms with Crippen LogP contribution >= 0.6 is 0 Å². The first-order valence-electron chi connectivity index (χ1n) is 29.7. The molecule has 0 unspecified atom stereocenters. The van der Waals surface area contributed by atoms with Crippen molar-refractivity contribution in [2.75, 3.05) is 26.2 Å². The molecular formula is C57H89N17O18. The number of unbranched alkanes of at least 4 members (excludes halogenated alkanes) is 2. The molecule has 35 heteroatoms. The number of phenols is 2. The Labute approximate surface area is 529 Å². The van der Waals surface area contributed by atoms with E-state index in [0.717, 1.165) is 0 Å². The molecule has 0 saturated carbocycles. The molecule has 0 aromatic heterocycles. The third-order valence-corrected chi connectivity index (χ3v) is 13.9. The summed E-state index contributed by atoms with van der Waals surface area (Å²) in [6, 6.07) is -3.22. The van der Waals surface area contributed by atoms with Gasteiger partial charge in [-0.2, -0.15) is 0 Å². The molecule has 28 N–H and O–H groups in total. The van der Waals surface area contributed by atoms with Gasteiger partial charge in [0, 0.05) is 45.2 Å². The first-order chi connectivity index (χ1) is 43.5. The van der Waals surface area contributed by atoms with Gasteiger partial charge in [-0.25, -0.2) is 4.79 Å². The van der Waals surface area contributed by atoms with Crippen LogP contribution in [0.1, 0.15) is 114 Å². The fourth-order valence-electron chi connectivity index (χ4n) is 8.88. The topological polar surface area (TPSA) is 629 Å². The highest BCUT2D eigenvalue weighted by Gasteiger charge is 2.36. The van der Waals surface area contributed by atoms with Crippen molar-refractivity contribution in [1.29, 1.82) is 0 Å². The molecule has 0 aliphatic carbocycles. The number of nitrogens with zero attached hydrogens (tertiary/aromatic N) is 2. The van der Waals surface area contributed by atoms with Crippen LogP contribution in [-0.2, 0) is 70.4 Å². The number of aliphatic carboxylic acids is 4. The van der Waals surface area contributed by atoms with Crippen molar-refractivity contribution in [2.45, 2.75) is 170 Å². The van der Waals surface area contributed by atoms with Gasteiger partial charge in [0.1, 0.15) is 59.8 Å². The fraction of sp³-hybridized carbons (Fsp3) is 0.544. The Morgan fingerprint density at radius 2 is 0.630 bits per heavy atom. The Hall–Kier alpha value is -9.90. The Morgan fingerprint density at radius 1 is 0.359 bits per heavy atom. The van der Waals surface area contributed by atoms with Gasteiger partial charge in [-0.15, -0.1) is 0 Å². The van der Waals surface area contributed by atoms with Crippen LogP contribution in [0, 0.1) is 0 Å². The van der Waals surface area contributed by atoms with E-state index >= 15 is 0 Å². The second kappa shape index (κ2) is 42.2. The number of phenolic OH excluding ortho intramolecular Hbond substituents is 2. The van der Waals surface area contributed by atoms with E-state index in [4.69, 9.17) is 45.2 Å². The number of aliphatic imine (C=N–C) groups is 2. The van der Waals surface area contributed by atoms with Gasteiger partial charge in [0.2, 0.25) is 47.3 Å². The lowest BCUT2D eigenvalue weighted by Gasteiger charge is -2.28. The highest BCUT2D eigenvalue weighted by Crippen LogP contribution is 2.16. The third-order valence-electron chi connectivity index (χ3n) is 13.9. The van der Waals surface area contributed by atoms with Crippen LogP contribution in [0.25, 0.3) is 0 Å². The van der Waals surface area contributed by atoms with Gasteiger partial charge in [0.25, 0.3) is 0 Å². The minimum atomic E-state index is -1.73. The molecule has 0 aliphatic rings. The molecular weight excluding hydrogens is 1210 g/mol. The van der Waals surface area contributed by atoms with E-state index in [9.17, 15) is 83.1 Å². The molecule has 0 radical (unpaired) electrons. The Kier molecular flexibility index (Phi) is 35.8. The molecule has 0 aliphatic heterocycles. The zero-order valence-electron chi connectivity index (χ0n) is 50.9. The average Bonchev–Trinajstić information content (AvgIpc) is 0.974. The van der Waals surface area contributed by atoms with Crippen LogP contribution in [0.3, 0.4) is 0 Å². The maximum Gasteiger partial charge on any atom is 0.326 e. The summed E-state index contributed by atoms with van der Waals surface area (Å²) in [7, 11) is 0. The minimum Gasteiger partial charge on any atom is -0.508 e.